The lowest BCUT2D eigenvalue weighted by atomic mass is 10.0. The molecule has 6 nitrogen and oxygen atoms in total. The molecular weight excluding hydrogens is 444 g/mol. The van der Waals surface area contributed by atoms with Gasteiger partial charge in [0.2, 0.25) is 0 Å². The second-order valence-electron chi connectivity index (χ2n) is 8.24. The molecule has 1 heterocycles. The van der Waals surface area contributed by atoms with E-state index in [1.165, 1.54) is 18.4 Å². The summed E-state index contributed by atoms with van der Waals surface area (Å²) < 4.78 is 7.83. The van der Waals surface area contributed by atoms with Crippen molar-refractivity contribution < 1.29 is 9.00 Å². The fraction of sp³-hybridized carbons (Fsp3) is 0.407. The van der Waals surface area contributed by atoms with Crippen molar-refractivity contribution in [2.75, 3.05) is 13.6 Å². The Kier molecular flexibility index (Phi) is 14.3. The summed E-state index contributed by atoms with van der Waals surface area (Å²) in [7, 11) is 2.04. The predicted octanol–water partition coefficient (Wildman–Crippen LogP) is 4.62. The number of carbonyl (C=O) groups excluding carboxylic acids is 1. The van der Waals surface area contributed by atoms with Crippen molar-refractivity contribution in [2.45, 2.75) is 51.9 Å². The zero-order chi connectivity index (χ0) is 25.3. The van der Waals surface area contributed by atoms with Gasteiger partial charge in [-0.15, -0.1) is 0 Å². The molecule has 0 radical (unpaired) electrons. The highest BCUT2D eigenvalue weighted by Crippen LogP contribution is 2.36. The number of unbranched alkanes of at least 4 members (excludes halogenated alkanes) is 2. The summed E-state index contributed by atoms with van der Waals surface area (Å²) in [4.78, 5) is 17.0. The van der Waals surface area contributed by atoms with E-state index in [1.54, 1.807) is 0 Å². The van der Waals surface area contributed by atoms with Crippen LogP contribution in [0.1, 0.15) is 56.6 Å². The molecule has 4 N–H and O–H groups in total. The fourth-order valence-corrected chi connectivity index (χ4v) is 3.29. The van der Waals surface area contributed by atoms with E-state index in [2.05, 4.69) is 66.3 Å². The Labute approximate surface area is 209 Å². The van der Waals surface area contributed by atoms with E-state index in [9.17, 15) is 4.79 Å². The minimum atomic E-state index is 0.496. The number of carbonyl (C=O) groups is 1. The number of likely N-dealkylation sites (N-methyl/N-ethyl adjacent to an activating group) is 1. The van der Waals surface area contributed by atoms with Gasteiger partial charge in [-0.05, 0) is 68.3 Å². The second-order valence-corrected chi connectivity index (χ2v) is 8.24. The van der Waals surface area contributed by atoms with E-state index in [1.807, 2.05) is 25.3 Å². The summed E-state index contributed by atoms with van der Waals surface area (Å²) in [6.45, 7) is 6.89. The lowest BCUT2D eigenvalue weighted by molar-refractivity contribution is -0.107. The summed E-state index contributed by atoms with van der Waals surface area (Å²) >= 11 is 2.83. The largest absolute Gasteiger partial charge is 0.384 e. The number of hydrogen-bond donors (Lipinski definition) is 2. The average molecular weight is 483 g/mol. The number of rotatable bonds is 10. The third kappa shape index (κ3) is 10.4. The van der Waals surface area contributed by atoms with E-state index < -0.39 is 0 Å². The zero-order valence-corrected chi connectivity index (χ0v) is 21.2. The first kappa shape index (κ1) is 29.1. The van der Waals surface area contributed by atoms with Gasteiger partial charge in [0, 0.05) is 42.6 Å². The molecule has 0 saturated heterocycles. The van der Waals surface area contributed by atoms with Crippen LogP contribution >= 0.6 is 0 Å². The molecule has 1 aromatic carbocycles. The molecule has 3 rings (SSSR count). The lowest BCUT2D eigenvalue weighted by Crippen LogP contribution is -2.20. The Morgan fingerprint density at radius 2 is 1.88 bits per heavy atom. The summed E-state index contributed by atoms with van der Waals surface area (Å²) in [6, 6.07) is 8.64. The molecule has 0 aromatic heterocycles. The van der Waals surface area contributed by atoms with Crippen LogP contribution in [0.5, 0.6) is 0 Å². The monoisotopic (exact) mass is 482 g/mol. The standard InChI is InChI=1S/C24H29N3O.C3H9N.OS/c1-18(20-14-15-20)26-24(25)17-22-8-6-9-23(27(22)2)21-12-10-19(11-13-21)7-4-3-5-16-28;1-2-3-4;1-2/h6,8-13,16-17,20H,1,3-5,7,14-15H2,2H3,(H2,25,26);2-4H2,1H3;/b22-17-;;. The molecule has 1 saturated carbocycles. The molecular formula is C27H38N4O2S. The summed E-state index contributed by atoms with van der Waals surface area (Å²) in [5, 5.41) is 0. The van der Waals surface area contributed by atoms with Gasteiger partial charge in [0.25, 0.3) is 0 Å². The molecule has 0 atom stereocenters. The van der Waals surface area contributed by atoms with E-state index in [0.29, 0.717) is 18.2 Å². The van der Waals surface area contributed by atoms with Gasteiger partial charge in [-0.1, -0.05) is 43.8 Å². The Morgan fingerprint density at radius 3 is 2.44 bits per heavy atom. The first-order valence-corrected chi connectivity index (χ1v) is 12.1. The molecule has 34 heavy (non-hydrogen) atoms. The van der Waals surface area contributed by atoms with Crippen LogP contribution in [-0.4, -0.2) is 34.8 Å². The van der Waals surface area contributed by atoms with Crippen molar-refractivity contribution >= 4 is 30.4 Å². The number of benzene rings is 1. The molecule has 0 spiro atoms. The highest BCUT2D eigenvalue weighted by Gasteiger charge is 2.24. The van der Waals surface area contributed by atoms with Gasteiger partial charge in [-0.25, -0.2) is 4.99 Å². The molecule has 0 amide bonds. The Morgan fingerprint density at radius 1 is 1.24 bits per heavy atom. The van der Waals surface area contributed by atoms with Crippen LogP contribution in [-0.2, 0) is 23.7 Å². The fourth-order valence-electron chi connectivity index (χ4n) is 3.29. The average Bonchev–Trinajstić information content (AvgIpc) is 3.71. The number of aldehydes is 1. The maximum absolute atomic E-state index is 10.4. The van der Waals surface area contributed by atoms with Crippen LogP contribution in [0.15, 0.2) is 71.5 Å². The summed E-state index contributed by atoms with van der Waals surface area (Å²) in [5.74, 6) is 1.01. The first-order valence-electron chi connectivity index (χ1n) is 11.8. The molecule has 2 aliphatic rings. The highest BCUT2D eigenvalue weighted by atomic mass is 32.1. The van der Waals surface area contributed by atoms with Crippen molar-refractivity contribution in [1.29, 1.82) is 0 Å². The number of nitrogens with zero attached hydrogens (tertiary/aromatic N) is 2. The topological polar surface area (TPSA) is 102 Å². The van der Waals surface area contributed by atoms with Gasteiger partial charge < -0.3 is 21.2 Å². The van der Waals surface area contributed by atoms with E-state index in [4.69, 9.17) is 15.7 Å². The molecule has 0 unspecified atom stereocenters. The number of amidine groups is 1. The van der Waals surface area contributed by atoms with Crippen LogP contribution in [0.25, 0.3) is 5.70 Å². The molecule has 184 valence electrons. The number of nitrogens with two attached hydrogens (primary N) is 2. The molecule has 1 aliphatic heterocycles. The Balaban J connectivity index is 0.000000872. The number of allylic oxidation sites excluding steroid dienone is 4. The van der Waals surface area contributed by atoms with E-state index >= 15 is 0 Å². The quantitative estimate of drug-likeness (QED) is 0.218. The van der Waals surface area contributed by atoms with Crippen molar-refractivity contribution in [3.8, 4) is 0 Å². The minimum Gasteiger partial charge on any atom is -0.384 e. The number of aliphatic imine (C=N–C) groups is 1. The maximum atomic E-state index is 10.4. The normalized spacial score (nSPS) is 16.1. The smallest absolute Gasteiger partial charge is 0.197 e. The third-order valence-corrected chi connectivity index (χ3v) is 5.46. The highest BCUT2D eigenvalue weighted by molar-refractivity contribution is 7.44. The van der Waals surface area contributed by atoms with Crippen LogP contribution in [0, 0.1) is 5.92 Å². The molecule has 7 heteroatoms. The lowest BCUT2D eigenvalue weighted by Gasteiger charge is -2.26. The van der Waals surface area contributed by atoms with Gasteiger partial charge in [0.05, 0.1) is 0 Å². The van der Waals surface area contributed by atoms with Gasteiger partial charge >= 0.3 is 0 Å². The number of aryl methyl sites for hydroxylation is 1. The maximum Gasteiger partial charge on any atom is 0.197 e. The van der Waals surface area contributed by atoms with Gasteiger partial charge in [0.1, 0.15) is 12.1 Å². The van der Waals surface area contributed by atoms with E-state index in [0.717, 1.165) is 61.2 Å². The van der Waals surface area contributed by atoms with Crippen LogP contribution in [0.4, 0.5) is 0 Å². The predicted molar refractivity (Wildman–Crippen MR) is 144 cm³/mol. The van der Waals surface area contributed by atoms with Crippen LogP contribution in [0.3, 0.4) is 0 Å². The molecule has 1 aromatic rings. The number of hydrogen-bond acceptors (Lipinski definition) is 6. The minimum absolute atomic E-state index is 0.496. The second kappa shape index (κ2) is 16.7. The van der Waals surface area contributed by atoms with E-state index in [-0.39, 0.29) is 0 Å². The van der Waals surface area contributed by atoms with Crippen molar-refractivity contribution in [1.82, 2.24) is 4.90 Å². The van der Waals surface area contributed by atoms with Crippen molar-refractivity contribution in [3.63, 3.8) is 0 Å². The summed E-state index contributed by atoms with van der Waals surface area (Å²) in [5.41, 5.74) is 16.6. The van der Waals surface area contributed by atoms with Gasteiger partial charge in [0.15, 0.2) is 12.5 Å². The molecule has 0 bridgehead atoms. The Hall–Kier alpha value is -2.90. The molecule has 1 fully saturated rings. The zero-order valence-electron chi connectivity index (χ0n) is 20.4. The van der Waals surface area contributed by atoms with Crippen LogP contribution < -0.4 is 11.5 Å². The Bertz CT molecular complexity index is 898. The van der Waals surface area contributed by atoms with Crippen molar-refractivity contribution in [2.24, 2.45) is 22.4 Å². The van der Waals surface area contributed by atoms with Gasteiger partial charge in [-0.2, -0.15) is 4.21 Å². The van der Waals surface area contributed by atoms with Crippen LogP contribution in [0.2, 0.25) is 0 Å². The molecule has 1 aliphatic carbocycles. The van der Waals surface area contributed by atoms with Gasteiger partial charge in [-0.3, -0.25) is 0 Å². The van der Waals surface area contributed by atoms with Crippen molar-refractivity contribution in [3.05, 3.63) is 77.7 Å². The SMILES string of the molecule is C=C(N=C(N)/C=C1/C=CC=C(c2ccc(CCCCC=O)cc2)N1C)C1CC1.CCCN.O=S. The summed E-state index contributed by atoms with van der Waals surface area (Å²) in [6.07, 6.45) is 16.2. The first-order chi connectivity index (χ1) is 16.5. The third-order valence-electron chi connectivity index (χ3n) is 5.46.